The molecule has 2 atom stereocenters. The van der Waals surface area contributed by atoms with Crippen LogP contribution in [0.2, 0.25) is 0 Å². The summed E-state index contributed by atoms with van der Waals surface area (Å²) >= 11 is 0. The third-order valence-corrected chi connectivity index (χ3v) is 4.20. The van der Waals surface area contributed by atoms with Crippen molar-refractivity contribution in [2.45, 2.75) is 83.3 Å². The van der Waals surface area contributed by atoms with E-state index >= 15 is 0 Å². The number of hydrogen-bond donors (Lipinski definition) is 1. The van der Waals surface area contributed by atoms with E-state index in [0.717, 1.165) is 12.3 Å². The predicted molar refractivity (Wildman–Crippen MR) is 74.1 cm³/mol. The molecule has 17 heavy (non-hydrogen) atoms. The highest BCUT2D eigenvalue weighted by Crippen LogP contribution is 2.29. The highest BCUT2D eigenvalue weighted by molar-refractivity contribution is 4.82. The standard InChI is InChI=1S/C15H31NO/c1-3-4-5-9-12-14(16)15(17-2)13-10-7-6-8-11-13/h13-15H,3-12,16H2,1-2H3. The Morgan fingerprint density at radius 2 is 1.82 bits per heavy atom. The minimum atomic E-state index is 0.250. The zero-order chi connectivity index (χ0) is 12.5. The second-order valence-electron chi connectivity index (χ2n) is 5.61. The normalized spacial score (nSPS) is 21.4. The minimum Gasteiger partial charge on any atom is -0.380 e. The maximum absolute atomic E-state index is 6.32. The molecule has 0 saturated heterocycles. The predicted octanol–water partition coefficient (Wildman–Crippen LogP) is 3.88. The topological polar surface area (TPSA) is 35.2 Å². The Morgan fingerprint density at radius 1 is 1.12 bits per heavy atom. The van der Waals surface area contributed by atoms with Gasteiger partial charge in [-0.2, -0.15) is 0 Å². The summed E-state index contributed by atoms with van der Waals surface area (Å²) in [7, 11) is 1.84. The lowest BCUT2D eigenvalue weighted by Gasteiger charge is -2.33. The molecule has 0 aromatic heterocycles. The number of unbranched alkanes of at least 4 members (excludes halogenated alkanes) is 3. The van der Waals surface area contributed by atoms with Crippen LogP contribution >= 0.6 is 0 Å². The number of nitrogens with two attached hydrogens (primary N) is 1. The van der Waals surface area contributed by atoms with Crippen LogP contribution in [0.15, 0.2) is 0 Å². The summed E-state index contributed by atoms with van der Waals surface area (Å²) in [5, 5.41) is 0. The fourth-order valence-electron chi connectivity index (χ4n) is 3.15. The van der Waals surface area contributed by atoms with Crippen LogP contribution in [-0.2, 0) is 4.74 Å². The molecule has 0 amide bonds. The van der Waals surface area contributed by atoms with Crippen molar-refractivity contribution in [3.05, 3.63) is 0 Å². The lowest BCUT2D eigenvalue weighted by molar-refractivity contribution is 0.0153. The van der Waals surface area contributed by atoms with Crippen LogP contribution in [0.1, 0.15) is 71.1 Å². The molecule has 1 rings (SSSR count). The van der Waals surface area contributed by atoms with Gasteiger partial charge < -0.3 is 10.5 Å². The van der Waals surface area contributed by atoms with Crippen molar-refractivity contribution < 1.29 is 4.74 Å². The molecule has 1 saturated carbocycles. The average Bonchev–Trinajstić information content (AvgIpc) is 2.37. The van der Waals surface area contributed by atoms with Gasteiger partial charge in [0.1, 0.15) is 0 Å². The number of rotatable bonds is 8. The first-order valence-corrected chi connectivity index (χ1v) is 7.58. The zero-order valence-corrected chi connectivity index (χ0v) is 11.8. The van der Waals surface area contributed by atoms with Gasteiger partial charge in [-0.05, 0) is 25.2 Å². The van der Waals surface area contributed by atoms with Crippen molar-refractivity contribution in [2.24, 2.45) is 11.7 Å². The molecule has 0 aliphatic heterocycles. The van der Waals surface area contributed by atoms with Crippen molar-refractivity contribution in [1.29, 1.82) is 0 Å². The zero-order valence-electron chi connectivity index (χ0n) is 11.8. The molecule has 0 bridgehead atoms. The van der Waals surface area contributed by atoms with Gasteiger partial charge in [-0.1, -0.05) is 51.9 Å². The second kappa shape index (κ2) is 8.93. The number of ether oxygens (including phenoxy) is 1. The third-order valence-electron chi connectivity index (χ3n) is 4.20. The van der Waals surface area contributed by atoms with Crippen molar-refractivity contribution >= 4 is 0 Å². The summed E-state index contributed by atoms with van der Waals surface area (Å²) in [4.78, 5) is 0. The van der Waals surface area contributed by atoms with Gasteiger partial charge in [0.2, 0.25) is 0 Å². The van der Waals surface area contributed by atoms with E-state index < -0.39 is 0 Å². The van der Waals surface area contributed by atoms with Gasteiger partial charge in [0.25, 0.3) is 0 Å². The molecular weight excluding hydrogens is 210 g/mol. The van der Waals surface area contributed by atoms with E-state index in [-0.39, 0.29) is 6.04 Å². The Balaban J connectivity index is 2.26. The molecule has 1 fully saturated rings. The van der Waals surface area contributed by atoms with Crippen LogP contribution in [0, 0.1) is 5.92 Å². The lowest BCUT2D eigenvalue weighted by Crippen LogP contribution is -2.42. The van der Waals surface area contributed by atoms with E-state index in [0.29, 0.717) is 6.10 Å². The Bertz CT molecular complexity index is 178. The average molecular weight is 241 g/mol. The van der Waals surface area contributed by atoms with E-state index in [1.54, 1.807) is 0 Å². The fourth-order valence-corrected chi connectivity index (χ4v) is 3.15. The van der Waals surface area contributed by atoms with E-state index in [1.165, 1.54) is 57.8 Å². The van der Waals surface area contributed by atoms with E-state index in [1.807, 2.05) is 7.11 Å². The van der Waals surface area contributed by atoms with E-state index in [2.05, 4.69) is 6.92 Å². The summed E-state index contributed by atoms with van der Waals surface area (Å²) in [6.07, 6.45) is 13.4. The Hall–Kier alpha value is -0.0800. The van der Waals surface area contributed by atoms with Crippen molar-refractivity contribution in [1.82, 2.24) is 0 Å². The molecule has 2 unspecified atom stereocenters. The summed E-state index contributed by atoms with van der Waals surface area (Å²) in [6.45, 7) is 2.25. The van der Waals surface area contributed by atoms with Crippen LogP contribution in [0.3, 0.4) is 0 Å². The molecule has 1 aliphatic rings. The summed E-state index contributed by atoms with van der Waals surface area (Å²) in [5.41, 5.74) is 6.32. The molecule has 2 N–H and O–H groups in total. The van der Waals surface area contributed by atoms with Crippen LogP contribution in [-0.4, -0.2) is 19.3 Å². The van der Waals surface area contributed by atoms with Crippen LogP contribution in [0.5, 0.6) is 0 Å². The monoisotopic (exact) mass is 241 g/mol. The van der Waals surface area contributed by atoms with Crippen LogP contribution in [0.4, 0.5) is 0 Å². The van der Waals surface area contributed by atoms with Crippen molar-refractivity contribution in [2.75, 3.05) is 7.11 Å². The smallest absolute Gasteiger partial charge is 0.0750 e. The summed E-state index contributed by atoms with van der Waals surface area (Å²) < 4.78 is 5.68. The molecule has 0 aromatic carbocycles. The molecule has 2 nitrogen and oxygen atoms in total. The molecule has 102 valence electrons. The summed E-state index contributed by atoms with van der Waals surface area (Å²) in [5.74, 6) is 0.718. The Kier molecular flexibility index (Phi) is 7.87. The molecule has 2 heteroatoms. The van der Waals surface area contributed by atoms with Crippen LogP contribution in [0.25, 0.3) is 0 Å². The highest BCUT2D eigenvalue weighted by atomic mass is 16.5. The lowest BCUT2D eigenvalue weighted by atomic mass is 9.81. The largest absolute Gasteiger partial charge is 0.380 e. The first-order valence-electron chi connectivity index (χ1n) is 7.58. The maximum atomic E-state index is 6.32. The second-order valence-corrected chi connectivity index (χ2v) is 5.61. The quantitative estimate of drug-likeness (QED) is 0.655. The van der Waals surface area contributed by atoms with Crippen LogP contribution < -0.4 is 5.73 Å². The molecular formula is C15H31NO. The number of methoxy groups -OCH3 is 1. The van der Waals surface area contributed by atoms with Gasteiger partial charge in [0, 0.05) is 13.2 Å². The summed E-state index contributed by atoms with van der Waals surface area (Å²) in [6, 6.07) is 0.250. The van der Waals surface area contributed by atoms with Gasteiger partial charge in [-0.15, -0.1) is 0 Å². The van der Waals surface area contributed by atoms with Crippen molar-refractivity contribution in [3.63, 3.8) is 0 Å². The highest BCUT2D eigenvalue weighted by Gasteiger charge is 2.27. The first kappa shape index (κ1) is 15.0. The minimum absolute atomic E-state index is 0.250. The van der Waals surface area contributed by atoms with E-state index in [4.69, 9.17) is 10.5 Å². The Morgan fingerprint density at radius 3 is 2.41 bits per heavy atom. The molecule has 0 heterocycles. The fraction of sp³-hybridized carbons (Fsp3) is 1.00. The SMILES string of the molecule is CCCCCCC(N)C(OC)C1CCCCC1. The van der Waals surface area contributed by atoms with Gasteiger partial charge in [0.05, 0.1) is 6.10 Å². The number of hydrogen-bond acceptors (Lipinski definition) is 2. The third kappa shape index (κ3) is 5.39. The first-order chi connectivity index (χ1) is 8.29. The molecule has 1 aliphatic carbocycles. The Labute approximate surface area is 107 Å². The van der Waals surface area contributed by atoms with Gasteiger partial charge in [0.15, 0.2) is 0 Å². The van der Waals surface area contributed by atoms with Gasteiger partial charge in [-0.25, -0.2) is 0 Å². The van der Waals surface area contributed by atoms with Crippen molar-refractivity contribution in [3.8, 4) is 0 Å². The maximum Gasteiger partial charge on any atom is 0.0750 e. The van der Waals surface area contributed by atoms with E-state index in [9.17, 15) is 0 Å². The van der Waals surface area contributed by atoms with Gasteiger partial charge >= 0.3 is 0 Å². The van der Waals surface area contributed by atoms with Gasteiger partial charge in [-0.3, -0.25) is 0 Å². The molecule has 0 radical (unpaired) electrons. The molecule has 0 aromatic rings. The molecule has 0 spiro atoms.